The number of anilines is 1. The van der Waals surface area contributed by atoms with Gasteiger partial charge in [0.25, 0.3) is 0 Å². The molecule has 8 nitrogen and oxygen atoms in total. The van der Waals surface area contributed by atoms with Crippen molar-refractivity contribution in [2.24, 2.45) is 9.98 Å². The number of nitrogens with zero attached hydrogens (tertiary/aromatic N) is 6. The van der Waals surface area contributed by atoms with Crippen molar-refractivity contribution in [3.63, 3.8) is 0 Å². The van der Waals surface area contributed by atoms with Gasteiger partial charge in [0.05, 0.1) is 5.69 Å². The van der Waals surface area contributed by atoms with Crippen molar-refractivity contribution < 1.29 is 22.7 Å². The Balaban J connectivity index is 1.19. The average Bonchev–Trinajstić information content (AvgIpc) is 3.59. The van der Waals surface area contributed by atoms with E-state index >= 15 is 0 Å². The van der Waals surface area contributed by atoms with E-state index in [1.54, 1.807) is 18.0 Å². The summed E-state index contributed by atoms with van der Waals surface area (Å²) in [5.41, 5.74) is 6.82. The molecule has 42 heavy (non-hydrogen) atoms. The summed E-state index contributed by atoms with van der Waals surface area (Å²) in [5, 5.41) is 5.07. The number of benzene rings is 3. The number of hydrogen-bond acceptors (Lipinski definition) is 5. The second kappa shape index (κ2) is 12.2. The Bertz CT molecular complexity index is 1620. The number of thioether (sulfide) groups is 1. The second-order valence-corrected chi connectivity index (χ2v) is 10.8. The molecule has 1 aromatic heterocycles. The van der Waals surface area contributed by atoms with Crippen LogP contribution in [0.4, 0.5) is 23.7 Å². The fourth-order valence-electron chi connectivity index (χ4n) is 4.75. The summed E-state index contributed by atoms with van der Waals surface area (Å²) in [7, 11) is 0. The van der Waals surface area contributed by atoms with Crippen LogP contribution in [0.3, 0.4) is 0 Å². The maximum Gasteiger partial charge on any atom is 0.573 e. The molecule has 0 atom stereocenters. The summed E-state index contributed by atoms with van der Waals surface area (Å²) in [5.74, 6) is 0.992. The fraction of sp³-hybridized carbons (Fsp3) is 0.233. The van der Waals surface area contributed by atoms with E-state index in [0.29, 0.717) is 23.1 Å². The van der Waals surface area contributed by atoms with Crippen molar-refractivity contribution in [3.8, 4) is 22.8 Å². The highest BCUT2D eigenvalue weighted by molar-refractivity contribution is 8.14. The molecule has 1 aliphatic heterocycles. The SMILES string of the molecule is Cc1cc(C)c(N2CCSC2=NC(=O)N=CCc2ccc(-c3ncn(-c4ccc(OC(F)(F)F)cc4)n3)cc2)c(C)c1. The Morgan fingerprint density at radius 2 is 1.74 bits per heavy atom. The summed E-state index contributed by atoms with van der Waals surface area (Å²) in [6.07, 6.45) is -1.28. The fourth-order valence-corrected chi connectivity index (χ4v) is 5.69. The standard InChI is InChI=1S/C30H27F3N6O2S/c1-19-16-20(2)26(21(3)17-19)38-14-15-42-29(38)36-28(40)34-13-12-22-4-6-23(7-5-22)27-35-18-39(37-27)24-8-10-25(11-9-24)41-30(31,32)33/h4-11,13,16-18H,12,14-15H2,1-3H3. The maximum absolute atomic E-state index is 12.5. The minimum Gasteiger partial charge on any atom is -0.406 e. The summed E-state index contributed by atoms with van der Waals surface area (Å²) in [6, 6.07) is 16.5. The van der Waals surface area contributed by atoms with Crippen molar-refractivity contribution in [1.82, 2.24) is 14.8 Å². The number of amides is 2. The Labute approximate surface area is 245 Å². The van der Waals surface area contributed by atoms with Crippen LogP contribution in [0.25, 0.3) is 17.1 Å². The first-order valence-corrected chi connectivity index (χ1v) is 14.0. The van der Waals surface area contributed by atoms with Crippen LogP contribution in [-0.2, 0) is 6.42 Å². The molecule has 3 aromatic carbocycles. The number of aliphatic imine (C=N–C) groups is 2. The van der Waals surface area contributed by atoms with E-state index in [9.17, 15) is 18.0 Å². The molecule has 5 rings (SSSR count). The third kappa shape index (κ3) is 7.06. The predicted octanol–water partition coefficient (Wildman–Crippen LogP) is 7.10. The number of carbonyl (C=O) groups excluding carboxylic acids is 1. The third-order valence-electron chi connectivity index (χ3n) is 6.44. The van der Waals surface area contributed by atoms with Gasteiger partial charge in [-0.2, -0.15) is 4.99 Å². The number of carbonyl (C=O) groups is 1. The molecule has 1 aliphatic rings. The van der Waals surface area contributed by atoms with Gasteiger partial charge in [0.15, 0.2) is 11.0 Å². The van der Waals surface area contributed by atoms with E-state index in [0.717, 1.165) is 40.2 Å². The van der Waals surface area contributed by atoms with Gasteiger partial charge in [-0.3, -0.25) is 0 Å². The molecule has 12 heteroatoms. The number of hydrogen-bond donors (Lipinski definition) is 0. The number of alkyl halides is 3. The van der Waals surface area contributed by atoms with Crippen molar-refractivity contribution in [2.45, 2.75) is 33.6 Å². The van der Waals surface area contributed by atoms with Crippen LogP contribution in [0, 0.1) is 20.8 Å². The van der Waals surface area contributed by atoms with Crippen molar-refractivity contribution in [1.29, 1.82) is 0 Å². The van der Waals surface area contributed by atoms with Crippen LogP contribution >= 0.6 is 11.8 Å². The molecule has 0 unspecified atom stereocenters. The zero-order valence-corrected chi connectivity index (χ0v) is 23.9. The minimum absolute atomic E-state index is 0.313. The van der Waals surface area contributed by atoms with Gasteiger partial charge in [0.1, 0.15) is 12.1 Å². The first-order valence-electron chi connectivity index (χ1n) is 13.1. The number of aryl methyl sites for hydroxylation is 3. The first-order chi connectivity index (χ1) is 20.1. The highest BCUT2D eigenvalue weighted by Gasteiger charge is 2.31. The van der Waals surface area contributed by atoms with E-state index in [-0.39, 0.29) is 5.75 Å². The van der Waals surface area contributed by atoms with Gasteiger partial charge in [-0.15, -0.1) is 18.3 Å². The van der Waals surface area contributed by atoms with E-state index in [2.05, 4.69) is 62.6 Å². The minimum atomic E-state index is -4.75. The number of ether oxygens (including phenoxy) is 1. The highest BCUT2D eigenvalue weighted by atomic mass is 32.2. The molecule has 0 bridgehead atoms. The zero-order chi connectivity index (χ0) is 29.9. The summed E-state index contributed by atoms with van der Waals surface area (Å²) < 4.78 is 42.5. The molecule has 0 aliphatic carbocycles. The average molecular weight is 593 g/mol. The molecule has 0 radical (unpaired) electrons. The smallest absolute Gasteiger partial charge is 0.406 e. The van der Waals surface area contributed by atoms with Crippen molar-refractivity contribution in [2.75, 3.05) is 17.2 Å². The molecule has 1 fully saturated rings. The van der Waals surface area contributed by atoms with E-state index in [4.69, 9.17) is 0 Å². The van der Waals surface area contributed by atoms with E-state index in [1.165, 1.54) is 40.8 Å². The van der Waals surface area contributed by atoms with Crippen molar-refractivity contribution >= 4 is 34.9 Å². The molecule has 0 N–H and O–H groups in total. The molecule has 216 valence electrons. The van der Waals surface area contributed by atoms with Gasteiger partial charge in [-0.1, -0.05) is 53.7 Å². The molecule has 2 amide bonds. The second-order valence-electron chi connectivity index (χ2n) is 9.69. The topological polar surface area (TPSA) is 85.0 Å². The lowest BCUT2D eigenvalue weighted by atomic mass is 10.0. The lowest BCUT2D eigenvalue weighted by Crippen LogP contribution is -2.26. The predicted molar refractivity (Wildman–Crippen MR) is 159 cm³/mol. The molecule has 2 heterocycles. The third-order valence-corrected chi connectivity index (χ3v) is 7.40. The van der Waals surface area contributed by atoms with Crippen molar-refractivity contribution in [3.05, 3.63) is 89.2 Å². The Morgan fingerprint density at radius 1 is 1.05 bits per heavy atom. The van der Waals surface area contributed by atoms with Gasteiger partial charge < -0.3 is 9.64 Å². The molecular formula is C30H27F3N6O2S. The van der Waals surface area contributed by atoms with Crippen LogP contribution in [0.15, 0.2) is 77.0 Å². The summed E-state index contributed by atoms with van der Waals surface area (Å²) in [6.45, 7) is 7.00. The molecular weight excluding hydrogens is 565 g/mol. The van der Waals surface area contributed by atoms with Gasteiger partial charge in [0.2, 0.25) is 0 Å². The Morgan fingerprint density at radius 3 is 2.40 bits per heavy atom. The highest BCUT2D eigenvalue weighted by Crippen LogP contribution is 2.32. The summed E-state index contributed by atoms with van der Waals surface area (Å²) in [4.78, 5) is 27.2. The Kier molecular flexibility index (Phi) is 8.44. The van der Waals surface area contributed by atoms with Crippen LogP contribution in [0.2, 0.25) is 0 Å². The number of urea groups is 1. The first kappa shape index (κ1) is 29.1. The van der Waals surface area contributed by atoms with E-state index < -0.39 is 12.4 Å². The maximum atomic E-state index is 12.5. The Hall–Kier alpha value is -4.45. The van der Waals surface area contributed by atoms with E-state index in [1.807, 2.05) is 24.3 Å². The number of rotatable bonds is 6. The quantitative estimate of drug-likeness (QED) is 0.222. The zero-order valence-electron chi connectivity index (χ0n) is 23.1. The largest absolute Gasteiger partial charge is 0.573 e. The van der Waals surface area contributed by atoms with Crippen LogP contribution in [0.5, 0.6) is 5.75 Å². The number of amidine groups is 1. The van der Waals surface area contributed by atoms with Crippen LogP contribution in [-0.4, -0.2) is 50.8 Å². The normalized spacial score (nSPS) is 14.7. The van der Waals surface area contributed by atoms with Crippen LogP contribution < -0.4 is 9.64 Å². The lowest BCUT2D eigenvalue weighted by Gasteiger charge is -2.22. The lowest BCUT2D eigenvalue weighted by molar-refractivity contribution is -0.274. The van der Waals surface area contributed by atoms with Crippen LogP contribution in [0.1, 0.15) is 22.3 Å². The molecule has 4 aromatic rings. The summed E-state index contributed by atoms with van der Waals surface area (Å²) >= 11 is 1.55. The molecule has 1 saturated heterocycles. The van der Waals surface area contributed by atoms with Gasteiger partial charge in [-0.25, -0.2) is 19.5 Å². The van der Waals surface area contributed by atoms with Gasteiger partial charge in [-0.05, 0) is 61.7 Å². The number of halogens is 3. The number of aromatic nitrogens is 3. The van der Waals surface area contributed by atoms with Gasteiger partial charge in [0, 0.05) is 36.2 Å². The molecule has 0 saturated carbocycles. The monoisotopic (exact) mass is 592 g/mol. The van der Waals surface area contributed by atoms with Gasteiger partial charge >= 0.3 is 12.4 Å². The molecule has 0 spiro atoms.